The van der Waals surface area contributed by atoms with Crippen LogP contribution < -0.4 is 9.64 Å². The maximum Gasteiger partial charge on any atom is 0.355 e. The molecular formula is C23H22N2O5. The lowest BCUT2D eigenvalue weighted by molar-refractivity contribution is -0.139. The summed E-state index contributed by atoms with van der Waals surface area (Å²) in [5.74, 6) is -0.597. The first-order valence-corrected chi connectivity index (χ1v) is 9.32. The quantitative estimate of drug-likeness (QED) is 0.654. The lowest BCUT2D eigenvalue weighted by Gasteiger charge is -2.23. The maximum atomic E-state index is 12.4. The summed E-state index contributed by atoms with van der Waals surface area (Å²) in [6.07, 6.45) is 9.02. The Hall–Kier alpha value is -3.87. The molecule has 0 saturated heterocycles. The van der Waals surface area contributed by atoms with Crippen LogP contribution >= 0.6 is 0 Å². The first-order valence-electron chi connectivity index (χ1n) is 9.32. The number of benzene rings is 1. The second-order valence-corrected chi connectivity index (χ2v) is 6.23. The van der Waals surface area contributed by atoms with E-state index in [0.717, 1.165) is 5.69 Å². The van der Waals surface area contributed by atoms with Crippen molar-refractivity contribution in [1.82, 2.24) is 4.98 Å². The topological polar surface area (TPSA) is 78.0 Å². The van der Waals surface area contributed by atoms with E-state index in [4.69, 9.17) is 14.2 Å². The Balaban J connectivity index is 1.79. The maximum absolute atomic E-state index is 12.4. The van der Waals surface area contributed by atoms with Gasteiger partial charge in [0, 0.05) is 30.2 Å². The minimum absolute atomic E-state index is 0.0678. The van der Waals surface area contributed by atoms with Crippen molar-refractivity contribution in [2.75, 3.05) is 25.7 Å². The molecule has 0 N–H and O–H groups in total. The van der Waals surface area contributed by atoms with Crippen molar-refractivity contribution in [3.63, 3.8) is 0 Å². The number of allylic oxidation sites excluding steroid dienone is 2. The number of ether oxygens (including phenoxy) is 3. The van der Waals surface area contributed by atoms with Gasteiger partial charge in [0.15, 0.2) is 0 Å². The van der Waals surface area contributed by atoms with Crippen LogP contribution in [0.15, 0.2) is 84.4 Å². The van der Waals surface area contributed by atoms with Crippen molar-refractivity contribution in [3.8, 4) is 5.75 Å². The largest absolute Gasteiger partial charge is 0.493 e. The number of hydrogen-bond acceptors (Lipinski definition) is 7. The number of carbonyl (C=O) groups excluding carboxylic acids is 2. The van der Waals surface area contributed by atoms with Crippen molar-refractivity contribution in [1.29, 1.82) is 0 Å². The molecule has 2 heterocycles. The Bertz CT molecular complexity index is 978. The third-order valence-electron chi connectivity index (χ3n) is 4.36. The molecule has 0 radical (unpaired) electrons. The van der Waals surface area contributed by atoms with E-state index in [9.17, 15) is 9.59 Å². The van der Waals surface area contributed by atoms with Gasteiger partial charge in [-0.1, -0.05) is 12.1 Å². The number of nitrogens with zero attached hydrogens (tertiary/aromatic N) is 2. The first-order chi connectivity index (χ1) is 14.6. The molecule has 0 atom stereocenters. The molecule has 0 fully saturated rings. The van der Waals surface area contributed by atoms with Gasteiger partial charge < -0.3 is 19.1 Å². The molecular weight excluding hydrogens is 384 g/mol. The summed E-state index contributed by atoms with van der Waals surface area (Å²) in [5, 5.41) is 0. The summed E-state index contributed by atoms with van der Waals surface area (Å²) in [4.78, 5) is 30.5. The van der Waals surface area contributed by atoms with Crippen molar-refractivity contribution in [2.24, 2.45) is 0 Å². The Labute approximate surface area is 174 Å². The number of aromatic nitrogens is 1. The van der Waals surface area contributed by atoms with Gasteiger partial charge in [-0.25, -0.2) is 9.59 Å². The van der Waals surface area contributed by atoms with Crippen molar-refractivity contribution in [3.05, 3.63) is 90.1 Å². The van der Waals surface area contributed by atoms with E-state index in [0.29, 0.717) is 24.5 Å². The average molecular weight is 406 g/mol. The van der Waals surface area contributed by atoms with Gasteiger partial charge in [0.25, 0.3) is 0 Å². The van der Waals surface area contributed by atoms with E-state index < -0.39 is 11.9 Å². The summed E-state index contributed by atoms with van der Waals surface area (Å²) >= 11 is 0. The van der Waals surface area contributed by atoms with Gasteiger partial charge in [-0.05, 0) is 48.6 Å². The third kappa shape index (κ3) is 4.94. The fourth-order valence-corrected chi connectivity index (χ4v) is 2.89. The standard InChI is InChI=1S/C23H22N2O5/c1-28-22(26)20-8-4-6-15-25(21(20)23(27)29-2)18-9-11-19(12-10-18)30-16-13-17-7-3-5-14-24-17/h3-12,14-15H,13,16H2,1-2H3. The number of rotatable bonds is 7. The van der Waals surface area contributed by atoms with Gasteiger partial charge in [-0.2, -0.15) is 0 Å². The Kier molecular flexibility index (Phi) is 7.00. The molecule has 7 heteroatoms. The van der Waals surface area contributed by atoms with Crippen molar-refractivity contribution < 1.29 is 23.8 Å². The second-order valence-electron chi connectivity index (χ2n) is 6.23. The molecule has 1 aromatic carbocycles. The zero-order valence-corrected chi connectivity index (χ0v) is 16.8. The lowest BCUT2D eigenvalue weighted by Crippen LogP contribution is -2.26. The summed E-state index contributed by atoms with van der Waals surface area (Å²) in [6, 6.07) is 13.0. The number of methoxy groups -OCH3 is 2. The first kappa shape index (κ1) is 20.9. The van der Waals surface area contributed by atoms with Gasteiger partial charge in [0.2, 0.25) is 0 Å². The normalized spacial score (nSPS) is 13.1. The highest BCUT2D eigenvalue weighted by Crippen LogP contribution is 2.28. The van der Waals surface area contributed by atoms with E-state index in [-0.39, 0.29) is 11.3 Å². The van der Waals surface area contributed by atoms with Crippen LogP contribution in [0.2, 0.25) is 0 Å². The van der Waals surface area contributed by atoms with Crippen LogP contribution in [0.5, 0.6) is 5.75 Å². The summed E-state index contributed by atoms with van der Waals surface area (Å²) in [7, 11) is 2.52. The van der Waals surface area contributed by atoms with Gasteiger partial charge in [0.05, 0.1) is 26.4 Å². The Morgan fingerprint density at radius 3 is 2.40 bits per heavy atom. The molecule has 1 aliphatic rings. The molecule has 154 valence electrons. The zero-order chi connectivity index (χ0) is 21.3. The molecule has 1 aliphatic heterocycles. The highest BCUT2D eigenvalue weighted by Gasteiger charge is 2.27. The fourth-order valence-electron chi connectivity index (χ4n) is 2.89. The van der Waals surface area contributed by atoms with E-state index in [1.807, 2.05) is 18.2 Å². The van der Waals surface area contributed by atoms with Crippen LogP contribution in [-0.2, 0) is 25.5 Å². The molecule has 7 nitrogen and oxygen atoms in total. The van der Waals surface area contributed by atoms with Crippen LogP contribution in [0.4, 0.5) is 5.69 Å². The molecule has 0 unspecified atom stereocenters. The van der Waals surface area contributed by atoms with E-state index in [1.54, 1.807) is 53.7 Å². The van der Waals surface area contributed by atoms with E-state index in [2.05, 4.69) is 4.98 Å². The van der Waals surface area contributed by atoms with Gasteiger partial charge in [0.1, 0.15) is 11.4 Å². The summed E-state index contributed by atoms with van der Waals surface area (Å²) in [5.41, 5.74) is 1.79. The predicted molar refractivity (Wildman–Crippen MR) is 112 cm³/mol. The van der Waals surface area contributed by atoms with Crippen molar-refractivity contribution >= 4 is 17.6 Å². The van der Waals surface area contributed by atoms with Crippen LogP contribution in [0.3, 0.4) is 0 Å². The lowest BCUT2D eigenvalue weighted by atomic mass is 10.1. The average Bonchev–Trinajstić information content (AvgIpc) is 3.02. The minimum atomic E-state index is -0.651. The minimum Gasteiger partial charge on any atom is -0.493 e. The van der Waals surface area contributed by atoms with Crippen molar-refractivity contribution in [2.45, 2.75) is 6.42 Å². The summed E-state index contributed by atoms with van der Waals surface area (Å²) < 4.78 is 15.5. The van der Waals surface area contributed by atoms with Crippen LogP contribution in [0.1, 0.15) is 5.69 Å². The van der Waals surface area contributed by atoms with Crippen LogP contribution in [0.25, 0.3) is 0 Å². The van der Waals surface area contributed by atoms with Gasteiger partial charge in [-0.15, -0.1) is 0 Å². The van der Waals surface area contributed by atoms with Gasteiger partial charge in [-0.3, -0.25) is 4.98 Å². The smallest absolute Gasteiger partial charge is 0.355 e. The fraction of sp³-hybridized carbons (Fsp3) is 0.174. The number of hydrogen-bond donors (Lipinski definition) is 0. The molecule has 0 saturated carbocycles. The number of anilines is 1. The Morgan fingerprint density at radius 1 is 0.967 bits per heavy atom. The monoisotopic (exact) mass is 406 g/mol. The van der Waals surface area contributed by atoms with E-state index in [1.165, 1.54) is 20.3 Å². The molecule has 2 aromatic rings. The van der Waals surface area contributed by atoms with Gasteiger partial charge >= 0.3 is 11.9 Å². The molecule has 3 rings (SSSR count). The highest BCUT2D eigenvalue weighted by molar-refractivity contribution is 6.05. The van der Waals surface area contributed by atoms with E-state index >= 15 is 0 Å². The number of carbonyl (C=O) groups is 2. The highest BCUT2D eigenvalue weighted by atomic mass is 16.5. The predicted octanol–water partition coefficient (Wildman–Crippen LogP) is 3.19. The summed E-state index contributed by atoms with van der Waals surface area (Å²) in [6.45, 7) is 0.490. The molecule has 1 aromatic heterocycles. The molecule has 30 heavy (non-hydrogen) atoms. The third-order valence-corrected chi connectivity index (χ3v) is 4.36. The molecule has 0 spiro atoms. The van der Waals surface area contributed by atoms with Crippen LogP contribution in [-0.4, -0.2) is 37.7 Å². The zero-order valence-electron chi connectivity index (χ0n) is 16.8. The Morgan fingerprint density at radius 2 is 1.73 bits per heavy atom. The number of esters is 2. The molecule has 0 bridgehead atoms. The number of pyridine rings is 1. The second kappa shape index (κ2) is 10.1. The van der Waals surface area contributed by atoms with Crippen LogP contribution in [0, 0.1) is 0 Å². The molecule has 0 amide bonds. The SMILES string of the molecule is COC(=O)C1=C(C(=O)OC)N(c2ccc(OCCc3ccccn3)cc2)C=CC=C1. The molecule has 0 aliphatic carbocycles.